The van der Waals surface area contributed by atoms with E-state index >= 15 is 0 Å². The van der Waals surface area contributed by atoms with Gasteiger partial charge in [-0.25, -0.2) is 0 Å². The van der Waals surface area contributed by atoms with E-state index in [9.17, 15) is 4.79 Å². The normalized spacial score (nSPS) is 6.20. The fourth-order valence-corrected chi connectivity index (χ4v) is 2.08. The number of ketones is 1. The van der Waals surface area contributed by atoms with Gasteiger partial charge in [0.25, 0.3) is 0 Å². The number of unbranched alkanes of at least 4 members (excludes halogenated alkanes) is 2. The number of carbonyl (C=O) groups excluding carboxylic acids is 1. The van der Waals surface area contributed by atoms with Crippen LogP contribution in [0.3, 0.4) is 0 Å². The van der Waals surface area contributed by atoms with Crippen molar-refractivity contribution in [2.45, 2.75) is 32.6 Å². The predicted molar refractivity (Wildman–Crippen MR) is 112 cm³/mol. The van der Waals surface area contributed by atoms with Crippen LogP contribution in [-0.4, -0.2) is 5.78 Å². The molecule has 0 fully saturated rings. The molecule has 2 aromatic carbocycles. The molecule has 0 aliphatic heterocycles. The Bertz CT molecular complexity index is 853. The van der Waals surface area contributed by atoms with Crippen molar-refractivity contribution >= 4 is 5.78 Å². The Hall–Kier alpha value is -2.88. The quantitative estimate of drug-likeness (QED) is 0.166. The monoisotopic (exact) mass is 562 g/mol. The first-order valence-electron chi connectivity index (χ1n) is 8.68. The number of hydrogen-bond acceptors (Lipinski definition) is 1. The van der Waals surface area contributed by atoms with Crippen LogP contribution < -0.4 is 0 Å². The van der Waals surface area contributed by atoms with Gasteiger partial charge in [0.2, 0.25) is 0 Å². The van der Waals surface area contributed by atoms with Gasteiger partial charge in [0, 0.05) is 45.5 Å². The summed E-state index contributed by atoms with van der Waals surface area (Å²) in [5, 5.41) is 0. The minimum atomic E-state index is 0. The zero-order valence-electron chi connectivity index (χ0n) is 18.5. The summed E-state index contributed by atoms with van der Waals surface area (Å²) in [5.74, 6) is 6.11. The number of benzene rings is 2. The van der Waals surface area contributed by atoms with Crippen LogP contribution in [-0.2, 0) is 61.5 Å². The van der Waals surface area contributed by atoms with Crippen LogP contribution in [0.4, 0.5) is 0 Å². The van der Waals surface area contributed by atoms with Crippen molar-refractivity contribution in [1.82, 2.24) is 0 Å². The molecule has 0 bridgehead atoms. The van der Waals surface area contributed by atoms with Gasteiger partial charge in [0.15, 0.2) is 5.78 Å². The Morgan fingerprint density at radius 1 is 0.657 bits per heavy atom. The molecule has 0 N–H and O–H groups in total. The second-order valence-corrected chi connectivity index (χ2v) is 5.00. The van der Waals surface area contributed by atoms with Gasteiger partial charge in [-0.2, -0.15) is 0 Å². The maximum Gasteiger partial charge on any atom is 0 e. The molecular formula is C26H20Co2O7. The fourth-order valence-electron chi connectivity index (χ4n) is 2.08. The van der Waals surface area contributed by atoms with Crippen molar-refractivity contribution in [1.29, 1.82) is 0 Å². The minimum absolute atomic E-state index is 0. The Morgan fingerprint density at radius 3 is 1.46 bits per heavy atom. The van der Waals surface area contributed by atoms with E-state index in [4.69, 9.17) is 27.9 Å². The van der Waals surface area contributed by atoms with Gasteiger partial charge in [-0.3, -0.25) is 4.79 Å². The van der Waals surface area contributed by atoms with Crippen molar-refractivity contribution in [2.24, 2.45) is 0 Å². The Morgan fingerprint density at radius 2 is 1.06 bits per heavy atom. The summed E-state index contributed by atoms with van der Waals surface area (Å²) in [4.78, 5) is 12.0. The first kappa shape index (κ1) is 49.3. The molecule has 0 saturated heterocycles. The van der Waals surface area contributed by atoms with E-state index in [-0.39, 0.29) is 39.3 Å². The van der Waals surface area contributed by atoms with Crippen LogP contribution in [0.1, 0.15) is 43.0 Å². The first-order valence-corrected chi connectivity index (χ1v) is 8.68. The minimum Gasteiger partial charge on any atom is 0 e. The molecule has 0 aliphatic carbocycles. The third-order valence-electron chi connectivity index (χ3n) is 3.34. The summed E-state index contributed by atoms with van der Waals surface area (Å²) in [5.41, 5.74) is 3.02. The van der Waals surface area contributed by atoms with E-state index in [0.29, 0.717) is 6.42 Å². The maximum atomic E-state index is 12.0. The standard InChI is InChI=1S/C20H20O.6CO.2Co/c1-2-3-4-5-9-12-20(21)19-15-13-18(14-16-19)17-10-7-6-8-11-17;6*1-2;;/h6-8,10-11,13-16H,2-4,12H2,1H3;;;;;;;;. The molecule has 0 saturated carbocycles. The van der Waals surface area contributed by atoms with E-state index in [1.54, 1.807) is 0 Å². The molecule has 7 nitrogen and oxygen atoms in total. The SMILES string of the molecule is CCCCC#CCC(=O)c1ccc(-c2ccccc2)cc1.[C-]#[O+].[C-]#[O+].[C-]#[O+].[C-]#[O+].[C-]#[O+].[C-]#[O+].[Co].[Co]. The summed E-state index contributed by atoms with van der Waals surface area (Å²) in [6.07, 6.45) is 3.45. The van der Waals surface area contributed by atoms with Crippen molar-refractivity contribution < 1.29 is 66.3 Å². The first-order chi connectivity index (χ1) is 16.3. The van der Waals surface area contributed by atoms with Gasteiger partial charge in [0.1, 0.15) is 0 Å². The zero-order valence-corrected chi connectivity index (χ0v) is 20.6. The molecule has 9 heteroatoms. The van der Waals surface area contributed by atoms with Gasteiger partial charge in [-0.15, -0.1) is 5.92 Å². The van der Waals surface area contributed by atoms with Crippen LogP contribution >= 0.6 is 0 Å². The molecule has 0 aromatic heterocycles. The fraction of sp³-hybridized carbons (Fsp3) is 0.192. The summed E-state index contributed by atoms with van der Waals surface area (Å²) >= 11 is 0. The van der Waals surface area contributed by atoms with Crippen LogP contribution in [0.25, 0.3) is 11.1 Å². The predicted octanol–water partition coefficient (Wildman–Crippen LogP) is 4.89. The Labute approximate surface area is 227 Å². The molecule has 0 amide bonds. The second-order valence-electron chi connectivity index (χ2n) is 5.00. The summed E-state index contributed by atoms with van der Waals surface area (Å²) in [6, 6.07) is 17.9. The van der Waals surface area contributed by atoms with Gasteiger partial charge in [-0.1, -0.05) is 73.9 Å². The summed E-state index contributed by atoms with van der Waals surface area (Å²) in [6.45, 7) is 29.1. The largest absolute Gasteiger partial charge is 0 e. The Kier molecular flexibility index (Phi) is 68.4. The molecule has 0 spiro atoms. The van der Waals surface area contributed by atoms with Gasteiger partial charge in [-0.05, 0) is 17.5 Å². The molecule has 184 valence electrons. The molecule has 0 atom stereocenters. The molecule has 2 aromatic rings. The number of carbonyl (C=O) groups is 1. The molecule has 2 rings (SSSR count). The summed E-state index contributed by atoms with van der Waals surface area (Å²) < 4.78 is 45.0. The second kappa shape index (κ2) is 48.5. The third kappa shape index (κ3) is 29.1. The average Bonchev–Trinajstić information content (AvgIpc) is 2.95. The van der Waals surface area contributed by atoms with E-state index < -0.39 is 0 Å². The van der Waals surface area contributed by atoms with Gasteiger partial charge >= 0.3 is 67.8 Å². The van der Waals surface area contributed by atoms with Crippen molar-refractivity contribution in [3.63, 3.8) is 0 Å². The molecule has 0 unspecified atom stereocenters. The van der Waals surface area contributed by atoms with Crippen molar-refractivity contribution in [3.05, 3.63) is 100 Å². The van der Waals surface area contributed by atoms with Crippen LogP contribution in [0.2, 0.25) is 0 Å². The average molecular weight is 562 g/mol. The van der Waals surface area contributed by atoms with Crippen LogP contribution in [0.15, 0.2) is 54.6 Å². The van der Waals surface area contributed by atoms with Crippen LogP contribution in [0, 0.1) is 51.7 Å². The van der Waals surface area contributed by atoms with Crippen molar-refractivity contribution in [3.8, 4) is 23.0 Å². The van der Waals surface area contributed by atoms with E-state index in [1.165, 1.54) is 0 Å². The third-order valence-corrected chi connectivity index (χ3v) is 3.34. The smallest absolute Gasteiger partial charge is 0 e. The van der Waals surface area contributed by atoms with E-state index in [0.717, 1.165) is 36.0 Å². The summed E-state index contributed by atoms with van der Waals surface area (Å²) in [7, 11) is 0. The van der Waals surface area contributed by atoms with E-state index in [2.05, 4.69) is 70.8 Å². The number of rotatable bonds is 5. The Balaban J connectivity index is -0.0000000982. The number of hydrogen-bond donors (Lipinski definition) is 0. The van der Waals surface area contributed by atoms with E-state index in [1.807, 2.05) is 42.5 Å². The van der Waals surface area contributed by atoms with Crippen LogP contribution in [0.5, 0.6) is 0 Å². The number of Topliss-reactive ketones (excluding diaryl/α,β-unsaturated/α-hetero) is 1. The molecule has 0 heterocycles. The zero-order chi connectivity index (χ0) is 26.9. The van der Waals surface area contributed by atoms with Gasteiger partial charge in [0.05, 0.1) is 6.42 Å². The molecule has 2 radical (unpaired) electrons. The van der Waals surface area contributed by atoms with Crippen molar-refractivity contribution in [2.75, 3.05) is 0 Å². The molecule has 0 aliphatic rings. The molecule has 35 heavy (non-hydrogen) atoms. The molecular weight excluding hydrogens is 542 g/mol. The maximum absolute atomic E-state index is 12.0. The topological polar surface area (TPSA) is 136 Å². The van der Waals surface area contributed by atoms with Gasteiger partial charge < -0.3 is 0 Å².